The number of aromatic nitrogens is 1. The molecule has 0 bridgehead atoms. The minimum atomic E-state index is 0.359. The smallest absolute Gasteiger partial charge is 0.0723 e. The number of pyridine rings is 1. The highest BCUT2D eigenvalue weighted by atomic mass is 14.7. The predicted molar refractivity (Wildman–Crippen MR) is 210 cm³/mol. The highest BCUT2D eigenvalue weighted by molar-refractivity contribution is 6.16. The molecule has 7 rings (SSSR count). The molecule has 234 valence electrons. The van der Waals surface area contributed by atoms with Crippen LogP contribution in [0.3, 0.4) is 0 Å². The van der Waals surface area contributed by atoms with Gasteiger partial charge in [0.15, 0.2) is 0 Å². The van der Waals surface area contributed by atoms with Crippen molar-refractivity contribution in [3.8, 4) is 11.1 Å². The van der Waals surface area contributed by atoms with Crippen molar-refractivity contribution in [2.45, 2.75) is 6.92 Å². The molecule has 0 aliphatic carbocycles. The molecule has 0 radical (unpaired) electrons. The Hall–Kier alpha value is -6.45. The molecular weight excluding hydrogens is 595 g/mol. The van der Waals surface area contributed by atoms with E-state index in [1.54, 1.807) is 6.20 Å². The van der Waals surface area contributed by atoms with Crippen molar-refractivity contribution in [3.05, 3.63) is 198 Å². The lowest BCUT2D eigenvalue weighted by Crippen LogP contribution is -1.98. The highest BCUT2D eigenvalue weighted by Crippen LogP contribution is 2.29. The van der Waals surface area contributed by atoms with E-state index in [9.17, 15) is 5.41 Å². The zero-order chi connectivity index (χ0) is 33.4. The van der Waals surface area contributed by atoms with E-state index in [0.717, 1.165) is 44.2 Å². The van der Waals surface area contributed by atoms with Gasteiger partial charge < -0.3 is 5.41 Å². The number of fused-ring (bicyclic) bond motifs is 4. The molecule has 3 heteroatoms. The fraction of sp³-hybridized carbons (Fsp3) is 0.0217. The molecule has 7 aromatic rings. The summed E-state index contributed by atoms with van der Waals surface area (Å²) in [7, 11) is 0. The highest BCUT2D eigenvalue weighted by Gasteiger charge is 2.09. The summed E-state index contributed by atoms with van der Waals surface area (Å²) < 4.78 is 0. The molecule has 0 fully saturated rings. The molecule has 3 nitrogen and oxygen atoms in total. The molecule has 0 aliphatic rings. The lowest BCUT2D eigenvalue weighted by molar-refractivity contribution is 1.33. The molecule has 49 heavy (non-hydrogen) atoms. The van der Waals surface area contributed by atoms with Gasteiger partial charge in [-0.25, -0.2) is 0 Å². The van der Waals surface area contributed by atoms with Gasteiger partial charge in [0.05, 0.1) is 11.4 Å². The van der Waals surface area contributed by atoms with Crippen molar-refractivity contribution in [3.63, 3.8) is 0 Å². The van der Waals surface area contributed by atoms with E-state index in [4.69, 9.17) is 4.99 Å². The van der Waals surface area contributed by atoms with Crippen LogP contribution in [0.2, 0.25) is 0 Å². The van der Waals surface area contributed by atoms with Crippen LogP contribution in [0.25, 0.3) is 55.2 Å². The van der Waals surface area contributed by atoms with Crippen molar-refractivity contribution in [1.29, 1.82) is 5.41 Å². The van der Waals surface area contributed by atoms with Gasteiger partial charge in [-0.1, -0.05) is 140 Å². The third kappa shape index (κ3) is 7.12. The van der Waals surface area contributed by atoms with Gasteiger partial charge in [-0.2, -0.15) is 0 Å². The van der Waals surface area contributed by atoms with Crippen molar-refractivity contribution < 1.29 is 0 Å². The third-order valence-electron chi connectivity index (χ3n) is 8.59. The predicted octanol–water partition coefficient (Wildman–Crippen LogP) is 11.9. The number of allylic oxidation sites excluding steroid dienone is 6. The second kappa shape index (κ2) is 14.5. The Kier molecular flexibility index (Phi) is 9.25. The van der Waals surface area contributed by atoms with Crippen molar-refractivity contribution >= 4 is 56.0 Å². The van der Waals surface area contributed by atoms with Crippen LogP contribution in [0.5, 0.6) is 0 Å². The fourth-order valence-corrected chi connectivity index (χ4v) is 6.07. The average Bonchev–Trinajstić information content (AvgIpc) is 3.16. The van der Waals surface area contributed by atoms with E-state index in [-0.39, 0.29) is 0 Å². The molecule has 1 heterocycles. The summed E-state index contributed by atoms with van der Waals surface area (Å²) in [4.78, 5) is 9.45. The van der Waals surface area contributed by atoms with Crippen LogP contribution < -0.4 is 0 Å². The number of hydrogen-bond acceptors (Lipinski definition) is 3. The normalized spacial score (nSPS) is 12.7. The van der Waals surface area contributed by atoms with E-state index < -0.39 is 0 Å². The Morgan fingerprint density at radius 3 is 2.24 bits per heavy atom. The zero-order valence-electron chi connectivity index (χ0n) is 27.3. The third-order valence-corrected chi connectivity index (χ3v) is 8.59. The molecule has 1 N–H and O–H groups in total. The SMILES string of the molecule is C\C=C/C=C(\C=C\c1ccc2ccccc2c1)C(=N)/C=C(\N=Cc1cc2ccccc2c2ccccc12)c1cccc(-c2cccnc2)c1. The summed E-state index contributed by atoms with van der Waals surface area (Å²) in [6.07, 6.45) is 17.4. The van der Waals surface area contributed by atoms with Gasteiger partial charge in [0.25, 0.3) is 0 Å². The largest absolute Gasteiger partial charge is 0.300 e. The van der Waals surface area contributed by atoms with Crippen LogP contribution in [0, 0.1) is 5.41 Å². The fourth-order valence-electron chi connectivity index (χ4n) is 6.07. The molecular formula is C46H35N3. The number of nitrogens with zero attached hydrogens (tertiary/aromatic N) is 2. The first-order valence-corrected chi connectivity index (χ1v) is 16.4. The van der Waals surface area contributed by atoms with Gasteiger partial charge in [0.2, 0.25) is 0 Å². The van der Waals surface area contributed by atoms with E-state index in [0.29, 0.717) is 11.4 Å². The molecule has 0 amide bonds. The topological polar surface area (TPSA) is 49.1 Å². The van der Waals surface area contributed by atoms with Gasteiger partial charge in [-0.15, -0.1) is 0 Å². The lowest BCUT2D eigenvalue weighted by atomic mass is 9.97. The van der Waals surface area contributed by atoms with Gasteiger partial charge in [-0.05, 0) is 86.3 Å². The standard InChI is InChI=1S/C46H35N3/c1-2-3-12-35(25-23-33-22-24-34-13-4-5-14-36(34)27-33)45(47)30-46(39-17-10-16-37(28-39)40-18-11-26-48-31-40)49-32-41-29-38-15-6-7-19-42(38)44-21-9-8-20-43(41)44/h2-32,47H,1H3/b3-2-,25-23+,35-12+,46-30-,47-45?,49-32?. The monoisotopic (exact) mass is 629 g/mol. The Bertz CT molecular complexity index is 2460. The lowest BCUT2D eigenvalue weighted by Gasteiger charge is -2.10. The van der Waals surface area contributed by atoms with Crippen LogP contribution in [-0.2, 0) is 0 Å². The van der Waals surface area contributed by atoms with Gasteiger partial charge in [0, 0.05) is 35.3 Å². The van der Waals surface area contributed by atoms with Crippen LogP contribution in [-0.4, -0.2) is 16.9 Å². The second-order valence-corrected chi connectivity index (χ2v) is 11.8. The summed E-state index contributed by atoms with van der Waals surface area (Å²) in [5.74, 6) is 0. The number of benzene rings is 6. The summed E-state index contributed by atoms with van der Waals surface area (Å²) in [5, 5.41) is 16.4. The number of nitrogens with one attached hydrogen (secondary N) is 1. The first kappa shape index (κ1) is 31.2. The van der Waals surface area contributed by atoms with Crippen molar-refractivity contribution in [2.24, 2.45) is 4.99 Å². The Morgan fingerprint density at radius 2 is 1.43 bits per heavy atom. The van der Waals surface area contributed by atoms with Crippen LogP contribution in [0.4, 0.5) is 0 Å². The van der Waals surface area contributed by atoms with E-state index in [1.807, 2.05) is 61.8 Å². The quantitative estimate of drug-likeness (QED) is 0.0964. The average molecular weight is 630 g/mol. The molecule has 0 saturated heterocycles. The molecule has 0 saturated carbocycles. The molecule has 1 aromatic heterocycles. The second-order valence-electron chi connectivity index (χ2n) is 11.8. The molecule has 0 aliphatic heterocycles. The summed E-state index contributed by atoms with van der Waals surface area (Å²) >= 11 is 0. The summed E-state index contributed by atoms with van der Waals surface area (Å²) in [6, 6.07) is 46.1. The van der Waals surface area contributed by atoms with Crippen LogP contribution in [0.15, 0.2) is 187 Å². The maximum atomic E-state index is 9.33. The van der Waals surface area contributed by atoms with E-state index in [2.05, 4.69) is 132 Å². The Balaban J connectivity index is 1.32. The van der Waals surface area contributed by atoms with Gasteiger partial charge >= 0.3 is 0 Å². The minimum absolute atomic E-state index is 0.359. The van der Waals surface area contributed by atoms with Crippen LogP contribution >= 0.6 is 0 Å². The van der Waals surface area contributed by atoms with Gasteiger partial charge in [-0.3, -0.25) is 9.98 Å². The molecule has 0 spiro atoms. The van der Waals surface area contributed by atoms with Crippen LogP contribution in [0.1, 0.15) is 23.6 Å². The molecule has 0 atom stereocenters. The number of rotatable bonds is 9. The van der Waals surface area contributed by atoms with Gasteiger partial charge in [0.1, 0.15) is 0 Å². The Morgan fingerprint density at radius 1 is 0.673 bits per heavy atom. The van der Waals surface area contributed by atoms with E-state index >= 15 is 0 Å². The van der Waals surface area contributed by atoms with Crippen molar-refractivity contribution in [1.82, 2.24) is 4.98 Å². The maximum Gasteiger partial charge on any atom is 0.0723 e. The number of hydrogen-bond donors (Lipinski definition) is 1. The molecule has 6 aromatic carbocycles. The molecule has 0 unspecified atom stereocenters. The maximum absolute atomic E-state index is 9.33. The number of aliphatic imine (C=N–C) groups is 1. The summed E-state index contributed by atoms with van der Waals surface area (Å²) in [5.41, 5.74) is 6.90. The minimum Gasteiger partial charge on any atom is -0.300 e. The summed E-state index contributed by atoms with van der Waals surface area (Å²) in [6.45, 7) is 1.98. The Labute approximate surface area is 287 Å². The van der Waals surface area contributed by atoms with Crippen molar-refractivity contribution in [2.75, 3.05) is 0 Å². The first-order valence-electron chi connectivity index (χ1n) is 16.4. The van der Waals surface area contributed by atoms with E-state index in [1.165, 1.54) is 21.5 Å². The zero-order valence-corrected chi connectivity index (χ0v) is 27.3. The first-order chi connectivity index (χ1) is 24.2.